The van der Waals surface area contributed by atoms with Crippen molar-refractivity contribution in [3.63, 3.8) is 0 Å². The van der Waals surface area contributed by atoms with Crippen LogP contribution in [0.15, 0.2) is 58.2 Å². The van der Waals surface area contributed by atoms with Gasteiger partial charge in [-0.3, -0.25) is 4.79 Å². The highest BCUT2D eigenvalue weighted by Crippen LogP contribution is 2.28. The van der Waals surface area contributed by atoms with Gasteiger partial charge >= 0.3 is 0 Å². The van der Waals surface area contributed by atoms with Gasteiger partial charge in [-0.2, -0.15) is 0 Å². The predicted molar refractivity (Wildman–Crippen MR) is 90.8 cm³/mol. The summed E-state index contributed by atoms with van der Waals surface area (Å²) >= 11 is 7.07. The van der Waals surface area contributed by atoms with E-state index in [1.807, 2.05) is 0 Å². The van der Waals surface area contributed by atoms with E-state index in [1.165, 1.54) is 12.1 Å². The Morgan fingerprint density at radius 1 is 1.21 bits per heavy atom. The van der Waals surface area contributed by atoms with Crippen LogP contribution >= 0.6 is 23.4 Å². The number of carbonyl (C=O) groups is 1. The summed E-state index contributed by atoms with van der Waals surface area (Å²) in [4.78, 5) is 12.4. The second-order valence-electron chi connectivity index (χ2n) is 5.01. The maximum Gasteiger partial charge on any atom is 0.277 e. The number of nitrogens with zero attached hydrogens (tertiary/aromatic N) is 2. The van der Waals surface area contributed by atoms with Crippen molar-refractivity contribution in [3.05, 3.63) is 64.9 Å². The lowest BCUT2D eigenvalue weighted by atomic mass is 10.1. The minimum Gasteiger partial charge on any atom is -0.411 e. The number of halogens is 2. The summed E-state index contributed by atoms with van der Waals surface area (Å²) in [6, 6.07) is 12.5. The largest absolute Gasteiger partial charge is 0.411 e. The number of ketones is 1. The van der Waals surface area contributed by atoms with Gasteiger partial charge in [-0.25, -0.2) is 4.39 Å². The third-order valence-corrected chi connectivity index (χ3v) is 4.42. The van der Waals surface area contributed by atoms with Crippen LogP contribution in [0.3, 0.4) is 0 Å². The zero-order chi connectivity index (χ0) is 17.1. The molecule has 122 valence electrons. The van der Waals surface area contributed by atoms with Gasteiger partial charge in [0.15, 0.2) is 5.78 Å². The van der Waals surface area contributed by atoms with Crippen molar-refractivity contribution in [2.24, 2.45) is 0 Å². The Kier molecular flexibility index (Phi) is 4.97. The average Bonchev–Trinajstić information content (AvgIpc) is 3.03. The van der Waals surface area contributed by atoms with E-state index in [1.54, 1.807) is 43.3 Å². The van der Waals surface area contributed by atoms with Gasteiger partial charge in [-0.05, 0) is 43.3 Å². The third kappa shape index (κ3) is 3.83. The van der Waals surface area contributed by atoms with E-state index < -0.39 is 5.25 Å². The molecule has 0 fully saturated rings. The van der Waals surface area contributed by atoms with Crippen molar-refractivity contribution >= 4 is 29.1 Å². The summed E-state index contributed by atoms with van der Waals surface area (Å²) in [7, 11) is 0. The summed E-state index contributed by atoms with van der Waals surface area (Å²) in [5, 5.41) is 8.22. The number of rotatable bonds is 5. The molecule has 4 nitrogen and oxygen atoms in total. The summed E-state index contributed by atoms with van der Waals surface area (Å²) in [5.41, 5.74) is 1.14. The fraction of sp³-hybridized carbons (Fsp3) is 0.118. The van der Waals surface area contributed by atoms with Gasteiger partial charge in [0.25, 0.3) is 5.22 Å². The van der Waals surface area contributed by atoms with Crippen LogP contribution in [-0.4, -0.2) is 21.2 Å². The minimum atomic E-state index is -0.412. The highest BCUT2D eigenvalue weighted by Gasteiger charge is 2.20. The Morgan fingerprint density at radius 3 is 2.67 bits per heavy atom. The molecular formula is C17H12ClFN2O2S. The van der Waals surface area contributed by atoms with Crippen LogP contribution in [0.1, 0.15) is 17.3 Å². The maximum atomic E-state index is 12.9. The Bertz CT molecular complexity index is 867. The average molecular weight is 363 g/mol. The first-order valence-electron chi connectivity index (χ1n) is 7.09. The van der Waals surface area contributed by atoms with Gasteiger partial charge in [0.2, 0.25) is 5.89 Å². The Hall–Kier alpha value is -2.18. The van der Waals surface area contributed by atoms with Crippen LogP contribution in [-0.2, 0) is 0 Å². The number of aromatic nitrogens is 2. The normalized spacial score (nSPS) is 12.1. The molecular weight excluding hydrogens is 351 g/mol. The van der Waals surface area contributed by atoms with Gasteiger partial charge in [0.05, 0.1) is 5.25 Å². The molecule has 0 saturated carbocycles. The number of Topliss-reactive ketones (excluding diaryl/α,β-unsaturated/α-hetero) is 1. The monoisotopic (exact) mass is 362 g/mol. The fourth-order valence-electron chi connectivity index (χ4n) is 2.05. The van der Waals surface area contributed by atoms with Crippen molar-refractivity contribution in [1.29, 1.82) is 0 Å². The molecule has 3 aromatic rings. The van der Waals surface area contributed by atoms with E-state index in [-0.39, 0.29) is 22.7 Å². The Labute approximate surface area is 147 Å². The van der Waals surface area contributed by atoms with Crippen LogP contribution in [0.25, 0.3) is 11.5 Å². The second-order valence-corrected chi connectivity index (χ2v) is 6.74. The van der Waals surface area contributed by atoms with Crippen LogP contribution < -0.4 is 0 Å². The van der Waals surface area contributed by atoms with Gasteiger partial charge < -0.3 is 4.42 Å². The van der Waals surface area contributed by atoms with Crippen LogP contribution in [0, 0.1) is 5.82 Å². The van der Waals surface area contributed by atoms with Gasteiger partial charge in [-0.15, -0.1) is 10.2 Å². The topological polar surface area (TPSA) is 56.0 Å². The number of hydrogen-bond acceptors (Lipinski definition) is 5. The number of benzene rings is 2. The van der Waals surface area contributed by atoms with E-state index in [9.17, 15) is 9.18 Å². The molecule has 2 aromatic carbocycles. The highest BCUT2D eigenvalue weighted by atomic mass is 35.5. The quantitative estimate of drug-likeness (QED) is 0.477. The third-order valence-electron chi connectivity index (χ3n) is 3.25. The number of thioether (sulfide) groups is 1. The van der Waals surface area contributed by atoms with E-state index in [0.717, 1.165) is 11.8 Å². The summed E-state index contributed by atoms with van der Waals surface area (Å²) in [5.74, 6) is -0.141. The molecule has 3 rings (SSSR count). The summed E-state index contributed by atoms with van der Waals surface area (Å²) < 4.78 is 18.5. The SMILES string of the molecule is C[C@@H](Sc1nnc(-c2ccc(F)cc2)o1)C(=O)c1cccc(Cl)c1. The molecule has 1 atom stereocenters. The zero-order valence-electron chi connectivity index (χ0n) is 12.6. The predicted octanol–water partition coefficient (Wildman–Crippen LogP) is 4.89. The van der Waals surface area contributed by atoms with Crippen molar-refractivity contribution < 1.29 is 13.6 Å². The highest BCUT2D eigenvalue weighted by molar-refractivity contribution is 8.00. The molecule has 1 heterocycles. The van der Waals surface area contributed by atoms with Crippen molar-refractivity contribution in [1.82, 2.24) is 10.2 Å². The molecule has 0 radical (unpaired) electrons. The number of carbonyl (C=O) groups excluding carboxylic acids is 1. The second kappa shape index (κ2) is 7.15. The molecule has 1 aromatic heterocycles. The molecule has 0 bridgehead atoms. The van der Waals surface area contributed by atoms with Crippen molar-refractivity contribution in [3.8, 4) is 11.5 Å². The van der Waals surface area contributed by atoms with Gasteiger partial charge in [0, 0.05) is 16.1 Å². The molecule has 24 heavy (non-hydrogen) atoms. The first-order chi connectivity index (χ1) is 11.5. The lowest BCUT2D eigenvalue weighted by Crippen LogP contribution is -2.13. The van der Waals surface area contributed by atoms with Crippen LogP contribution in [0.4, 0.5) is 4.39 Å². The molecule has 0 aliphatic rings. The molecule has 0 aliphatic heterocycles. The Morgan fingerprint density at radius 2 is 1.96 bits per heavy atom. The molecule has 0 spiro atoms. The Balaban J connectivity index is 1.72. The molecule has 0 aliphatic carbocycles. The van der Waals surface area contributed by atoms with E-state index in [0.29, 0.717) is 16.1 Å². The fourth-order valence-corrected chi connectivity index (χ4v) is 3.00. The zero-order valence-corrected chi connectivity index (χ0v) is 14.1. The standard InChI is InChI=1S/C17H12ClFN2O2S/c1-10(15(22)12-3-2-4-13(18)9-12)24-17-21-20-16(23-17)11-5-7-14(19)8-6-11/h2-10H,1H3/t10-/m1/s1. The first-order valence-corrected chi connectivity index (χ1v) is 8.34. The van der Waals surface area contributed by atoms with Crippen molar-refractivity contribution in [2.75, 3.05) is 0 Å². The van der Waals surface area contributed by atoms with Crippen molar-refractivity contribution in [2.45, 2.75) is 17.4 Å². The summed E-state index contributed by atoms with van der Waals surface area (Å²) in [6.07, 6.45) is 0. The van der Waals surface area contributed by atoms with Gasteiger partial charge in [-0.1, -0.05) is 35.5 Å². The lowest BCUT2D eigenvalue weighted by molar-refractivity contribution is 0.0993. The van der Waals surface area contributed by atoms with Crippen LogP contribution in [0.5, 0.6) is 0 Å². The van der Waals surface area contributed by atoms with E-state index in [4.69, 9.17) is 16.0 Å². The summed E-state index contributed by atoms with van der Waals surface area (Å²) in [6.45, 7) is 1.76. The lowest BCUT2D eigenvalue weighted by Gasteiger charge is -2.07. The smallest absolute Gasteiger partial charge is 0.277 e. The molecule has 0 N–H and O–H groups in total. The molecule has 7 heteroatoms. The number of hydrogen-bond donors (Lipinski definition) is 0. The van der Waals surface area contributed by atoms with E-state index >= 15 is 0 Å². The van der Waals surface area contributed by atoms with E-state index in [2.05, 4.69) is 10.2 Å². The van der Waals surface area contributed by atoms with Crippen LogP contribution in [0.2, 0.25) is 5.02 Å². The molecule has 0 amide bonds. The molecule has 0 unspecified atom stereocenters. The van der Waals surface area contributed by atoms with Gasteiger partial charge in [0.1, 0.15) is 5.82 Å². The minimum absolute atomic E-state index is 0.0796. The maximum absolute atomic E-state index is 12.9. The first kappa shape index (κ1) is 16.7. The molecule has 0 saturated heterocycles.